The summed E-state index contributed by atoms with van der Waals surface area (Å²) in [4.78, 5) is 9.21. The largest absolute Gasteiger partial charge is 0.493 e. The second-order valence-corrected chi connectivity index (χ2v) is 4.73. The quantitative estimate of drug-likeness (QED) is 0.742. The maximum Gasteiger partial charge on any atom is 0.231 e. The minimum atomic E-state index is 0.496. The maximum atomic E-state index is 5.80. The van der Waals surface area contributed by atoms with Crippen LogP contribution in [0.3, 0.4) is 0 Å². The van der Waals surface area contributed by atoms with Crippen LogP contribution in [-0.2, 0) is 0 Å². The minimum Gasteiger partial charge on any atom is -0.493 e. The first kappa shape index (κ1) is 11.7. The number of fused-ring (bicyclic) bond motifs is 1. The van der Waals surface area contributed by atoms with Crippen molar-refractivity contribution in [2.75, 3.05) is 12.8 Å². The molecule has 5 nitrogen and oxygen atoms in total. The van der Waals surface area contributed by atoms with Gasteiger partial charge >= 0.3 is 0 Å². The van der Waals surface area contributed by atoms with E-state index in [0.717, 1.165) is 10.2 Å². The molecule has 2 aromatic heterocycles. The molecule has 0 atom stereocenters. The Morgan fingerprint density at radius 2 is 2.05 bits per heavy atom. The summed E-state index contributed by atoms with van der Waals surface area (Å²) in [7, 11) is 1.58. The number of thiophene rings is 1. The van der Waals surface area contributed by atoms with Crippen molar-refractivity contribution in [1.29, 1.82) is 0 Å². The summed E-state index contributed by atoms with van der Waals surface area (Å²) in [5.74, 6) is 1.64. The number of benzene rings is 1. The van der Waals surface area contributed by atoms with E-state index in [1.165, 1.54) is 17.7 Å². The maximum absolute atomic E-state index is 5.80. The van der Waals surface area contributed by atoms with Gasteiger partial charge in [0.15, 0.2) is 11.5 Å². The topological polar surface area (TPSA) is 70.3 Å². The lowest BCUT2D eigenvalue weighted by molar-refractivity contribution is 0.376. The number of hydrogen-bond acceptors (Lipinski definition) is 6. The van der Waals surface area contributed by atoms with E-state index in [2.05, 4.69) is 9.97 Å². The Morgan fingerprint density at radius 3 is 2.89 bits per heavy atom. The number of aromatic nitrogens is 2. The first-order valence-electron chi connectivity index (χ1n) is 5.57. The molecule has 0 saturated carbocycles. The van der Waals surface area contributed by atoms with Gasteiger partial charge in [0.05, 0.1) is 12.5 Å². The van der Waals surface area contributed by atoms with E-state index < -0.39 is 0 Å². The van der Waals surface area contributed by atoms with E-state index >= 15 is 0 Å². The molecule has 0 saturated heterocycles. The SMILES string of the molecule is COc1ccc(N)cc1Oc1ncnc2sccc12. The molecular formula is C13H11N3O2S. The van der Waals surface area contributed by atoms with E-state index in [1.807, 2.05) is 11.4 Å². The zero-order valence-corrected chi connectivity index (χ0v) is 11.0. The Hall–Kier alpha value is -2.34. The van der Waals surface area contributed by atoms with E-state index in [4.69, 9.17) is 15.2 Å². The molecule has 6 heteroatoms. The standard InChI is InChI=1S/C13H11N3O2S/c1-17-10-3-2-8(14)6-11(10)18-12-9-4-5-19-13(9)16-7-15-12/h2-7H,14H2,1H3. The van der Waals surface area contributed by atoms with E-state index in [-0.39, 0.29) is 0 Å². The van der Waals surface area contributed by atoms with Crippen LogP contribution < -0.4 is 15.2 Å². The molecule has 2 N–H and O–H groups in total. The molecule has 96 valence electrons. The van der Waals surface area contributed by atoms with Crippen LogP contribution in [0.25, 0.3) is 10.2 Å². The van der Waals surface area contributed by atoms with Gasteiger partial charge in [-0.2, -0.15) is 0 Å². The summed E-state index contributed by atoms with van der Waals surface area (Å²) >= 11 is 1.54. The fraction of sp³-hybridized carbons (Fsp3) is 0.0769. The second kappa shape index (κ2) is 4.74. The van der Waals surface area contributed by atoms with Crippen molar-refractivity contribution in [3.63, 3.8) is 0 Å². The number of hydrogen-bond donors (Lipinski definition) is 1. The van der Waals surface area contributed by atoms with Gasteiger partial charge in [0.25, 0.3) is 0 Å². The Labute approximate surface area is 113 Å². The highest BCUT2D eigenvalue weighted by Gasteiger charge is 2.11. The molecule has 3 aromatic rings. The molecule has 3 rings (SSSR count). The third-order valence-corrected chi connectivity index (χ3v) is 3.44. The number of rotatable bonds is 3. The van der Waals surface area contributed by atoms with Crippen molar-refractivity contribution in [3.05, 3.63) is 36.0 Å². The third-order valence-electron chi connectivity index (χ3n) is 2.62. The zero-order valence-electron chi connectivity index (χ0n) is 10.2. The highest BCUT2D eigenvalue weighted by Crippen LogP contribution is 2.35. The molecule has 0 aliphatic rings. The Bertz CT molecular complexity index is 727. The molecule has 0 spiro atoms. The summed E-state index contributed by atoms with van der Waals surface area (Å²) in [5, 5.41) is 2.82. The molecule has 19 heavy (non-hydrogen) atoms. The number of nitrogens with zero attached hydrogens (tertiary/aromatic N) is 2. The van der Waals surface area contributed by atoms with Gasteiger partial charge in [0.1, 0.15) is 11.2 Å². The predicted molar refractivity (Wildman–Crippen MR) is 74.9 cm³/mol. The molecule has 0 bridgehead atoms. The summed E-state index contributed by atoms with van der Waals surface area (Å²) < 4.78 is 11.0. The number of methoxy groups -OCH3 is 1. The summed E-state index contributed by atoms with van der Waals surface area (Å²) in [6.45, 7) is 0. The van der Waals surface area contributed by atoms with Gasteiger partial charge in [-0.05, 0) is 23.6 Å². The molecule has 2 heterocycles. The first-order valence-corrected chi connectivity index (χ1v) is 6.45. The third kappa shape index (κ3) is 2.17. The highest BCUT2D eigenvalue weighted by molar-refractivity contribution is 7.16. The fourth-order valence-electron chi connectivity index (χ4n) is 1.73. The van der Waals surface area contributed by atoms with Crippen molar-refractivity contribution in [1.82, 2.24) is 9.97 Å². The van der Waals surface area contributed by atoms with Crippen LogP contribution in [0.15, 0.2) is 36.0 Å². The van der Waals surface area contributed by atoms with Gasteiger partial charge in [-0.3, -0.25) is 0 Å². The Kier molecular flexibility index (Phi) is 2.92. The predicted octanol–water partition coefficient (Wildman–Crippen LogP) is 3.07. The van der Waals surface area contributed by atoms with Crippen LogP contribution in [0.1, 0.15) is 0 Å². The summed E-state index contributed by atoms with van der Waals surface area (Å²) in [6.07, 6.45) is 1.48. The lowest BCUT2D eigenvalue weighted by atomic mass is 10.3. The number of anilines is 1. The van der Waals surface area contributed by atoms with Crippen molar-refractivity contribution in [2.24, 2.45) is 0 Å². The molecule has 1 aromatic carbocycles. The van der Waals surface area contributed by atoms with Crippen LogP contribution in [-0.4, -0.2) is 17.1 Å². The Morgan fingerprint density at radius 1 is 1.16 bits per heavy atom. The Balaban J connectivity index is 2.05. The van der Waals surface area contributed by atoms with Gasteiger partial charge in [0, 0.05) is 11.8 Å². The van der Waals surface area contributed by atoms with Crippen LogP contribution in [0, 0.1) is 0 Å². The average Bonchev–Trinajstić information content (AvgIpc) is 2.88. The van der Waals surface area contributed by atoms with E-state index in [0.29, 0.717) is 23.1 Å². The zero-order chi connectivity index (χ0) is 13.2. The monoisotopic (exact) mass is 273 g/mol. The lowest BCUT2D eigenvalue weighted by Crippen LogP contribution is -1.94. The summed E-state index contributed by atoms with van der Waals surface area (Å²) in [5.41, 5.74) is 6.37. The highest BCUT2D eigenvalue weighted by atomic mass is 32.1. The number of nitrogen functional groups attached to an aromatic ring is 1. The van der Waals surface area contributed by atoms with Gasteiger partial charge < -0.3 is 15.2 Å². The smallest absolute Gasteiger partial charge is 0.231 e. The van der Waals surface area contributed by atoms with Gasteiger partial charge in [-0.25, -0.2) is 9.97 Å². The van der Waals surface area contributed by atoms with Crippen LogP contribution in [0.4, 0.5) is 5.69 Å². The second-order valence-electron chi connectivity index (χ2n) is 3.83. The van der Waals surface area contributed by atoms with Crippen molar-refractivity contribution in [3.8, 4) is 17.4 Å². The summed E-state index contributed by atoms with van der Waals surface area (Å²) in [6, 6.07) is 7.15. The molecule has 0 amide bonds. The van der Waals surface area contributed by atoms with Gasteiger partial charge in [0.2, 0.25) is 5.88 Å². The van der Waals surface area contributed by atoms with Gasteiger partial charge in [-0.1, -0.05) is 0 Å². The number of ether oxygens (including phenoxy) is 2. The first-order chi connectivity index (χ1) is 9.28. The van der Waals surface area contributed by atoms with Crippen molar-refractivity contribution in [2.45, 2.75) is 0 Å². The number of nitrogens with two attached hydrogens (primary N) is 1. The molecule has 0 radical (unpaired) electrons. The fourth-order valence-corrected chi connectivity index (χ4v) is 2.45. The molecule has 0 aliphatic carbocycles. The normalized spacial score (nSPS) is 10.6. The minimum absolute atomic E-state index is 0.496. The van der Waals surface area contributed by atoms with Crippen LogP contribution in [0.2, 0.25) is 0 Å². The van der Waals surface area contributed by atoms with Crippen molar-refractivity contribution >= 4 is 27.2 Å². The average molecular weight is 273 g/mol. The van der Waals surface area contributed by atoms with Crippen LogP contribution in [0.5, 0.6) is 17.4 Å². The molecular weight excluding hydrogens is 262 g/mol. The van der Waals surface area contributed by atoms with Crippen molar-refractivity contribution < 1.29 is 9.47 Å². The van der Waals surface area contributed by atoms with E-state index in [9.17, 15) is 0 Å². The molecule has 0 fully saturated rings. The molecule has 0 aliphatic heterocycles. The molecule has 0 unspecified atom stereocenters. The van der Waals surface area contributed by atoms with E-state index in [1.54, 1.807) is 25.3 Å². The van der Waals surface area contributed by atoms with Gasteiger partial charge in [-0.15, -0.1) is 11.3 Å². The van der Waals surface area contributed by atoms with Crippen LogP contribution >= 0.6 is 11.3 Å². The lowest BCUT2D eigenvalue weighted by Gasteiger charge is -2.10.